The Morgan fingerprint density at radius 1 is 1.41 bits per heavy atom. The number of imidazole rings is 2. The van der Waals surface area contributed by atoms with E-state index in [2.05, 4.69) is 9.97 Å². The zero-order chi connectivity index (χ0) is 11.8. The van der Waals surface area contributed by atoms with Gasteiger partial charge in [-0.3, -0.25) is 4.40 Å². The molecule has 17 heavy (non-hydrogen) atoms. The summed E-state index contributed by atoms with van der Waals surface area (Å²) < 4.78 is 1.95. The predicted octanol–water partition coefficient (Wildman–Crippen LogP) is 1.20. The maximum atomic E-state index is 9.86. The van der Waals surface area contributed by atoms with Gasteiger partial charge in [-0.15, -0.1) is 0 Å². The van der Waals surface area contributed by atoms with Crippen molar-refractivity contribution in [1.82, 2.24) is 14.4 Å². The van der Waals surface area contributed by atoms with Crippen LogP contribution in [0.15, 0.2) is 30.5 Å². The molecule has 5 nitrogen and oxygen atoms in total. The molecule has 1 unspecified atom stereocenters. The Morgan fingerprint density at radius 2 is 2.24 bits per heavy atom. The van der Waals surface area contributed by atoms with Gasteiger partial charge in [0, 0.05) is 6.20 Å². The molecular formula is C12H14N4O. The Morgan fingerprint density at radius 3 is 3.06 bits per heavy atom. The van der Waals surface area contributed by atoms with Gasteiger partial charge in [-0.1, -0.05) is 12.1 Å². The predicted molar refractivity (Wildman–Crippen MR) is 65.7 cm³/mol. The van der Waals surface area contributed by atoms with Crippen LogP contribution < -0.4 is 5.73 Å². The van der Waals surface area contributed by atoms with E-state index in [9.17, 15) is 5.11 Å². The van der Waals surface area contributed by atoms with Crippen molar-refractivity contribution in [2.24, 2.45) is 5.73 Å². The van der Waals surface area contributed by atoms with Crippen LogP contribution in [0.2, 0.25) is 0 Å². The molecule has 3 aromatic rings. The molecule has 0 aliphatic heterocycles. The minimum absolute atomic E-state index is 0.462. The average Bonchev–Trinajstić information content (AvgIpc) is 2.86. The van der Waals surface area contributed by atoms with Gasteiger partial charge in [0.25, 0.3) is 0 Å². The molecule has 2 heterocycles. The molecule has 4 N–H and O–H groups in total. The monoisotopic (exact) mass is 230 g/mol. The summed E-state index contributed by atoms with van der Waals surface area (Å²) in [4.78, 5) is 7.56. The Balaban J connectivity index is 2.13. The first-order valence-electron chi connectivity index (χ1n) is 5.63. The molecule has 3 rings (SSSR count). The van der Waals surface area contributed by atoms with Crippen molar-refractivity contribution in [2.45, 2.75) is 12.5 Å². The van der Waals surface area contributed by atoms with Crippen molar-refractivity contribution in [3.05, 3.63) is 36.2 Å². The number of benzene rings is 1. The van der Waals surface area contributed by atoms with Gasteiger partial charge in [-0.05, 0) is 25.1 Å². The number of rotatable bonds is 3. The zero-order valence-electron chi connectivity index (χ0n) is 9.30. The third kappa shape index (κ3) is 1.60. The maximum Gasteiger partial charge on any atom is 0.212 e. The quantitative estimate of drug-likeness (QED) is 0.632. The van der Waals surface area contributed by atoms with Crippen LogP contribution in [-0.2, 0) is 0 Å². The van der Waals surface area contributed by atoms with Crippen LogP contribution in [0.4, 0.5) is 0 Å². The van der Waals surface area contributed by atoms with Gasteiger partial charge in [0.2, 0.25) is 5.78 Å². The molecule has 0 amide bonds. The van der Waals surface area contributed by atoms with Crippen molar-refractivity contribution in [3.8, 4) is 0 Å². The zero-order valence-corrected chi connectivity index (χ0v) is 9.30. The SMILES string of the molecule is NCCC(O)c1cn2c(nc3ccccc32)[nH]1. The second kappa shape index (κ2) is 3.87. The minimum atomic E-state index is -0.555. The molecule has 0 fully saturated rings. The van der Waals surface area contributed by atoms with Gasteiger partial charge < -0.3 is 15.8 Å². The van der Waals surface area contributed by atoms with Crippen LogP contribution in [-0.4, -0.2) is 26.0 Å². The van der Waals surface area contributed by atoms with Gasteiger partial charge in [0.15, 0.2) is 0 Å². The molecule has 0 aliphatic carbocycles. The number of hydrogen-bond donors (Lipinski definition) is 3. The number of nitrogens with two attached hydrogens (primary N) is 1. The molecule has 0 saturated heterocycles. The second-order valence-corrected chi connectivity index (χ2v) is 4.10. The fraction of sp³-hybridized carbons (Fsp3) is 0.250. The highest BCUT2D eigenvalue weighted by molar-refractivity contribution is 5.79. The van der Waals surface area contributed by atoms with Crippen LogP contribution in [0.1, 0.15) is 18.2 Å². The summed E-state index contributed by atoms with van der Waals surface area (Å²) in [5.74, 6) is 0.747. The number of aliphatic hydroxyl groups is 1. The lowest BCUT2D eigenvalue weighted by Crippen LogP contribution is -2.06. The van der Waals surface area contributed by atoms with Gasteiger partial charge in [0.1, 0.15) is 0 Å². The number of hydrogen-bond acceptors (Lipinski definition) is 3. The largest absolute Gasteiger partial charge is 0.387 e. The first-order chi connectivity index (χ1) is 8.29. The average molecular weight is 230 g/mol. The summed E-state index contributed by atoms with van der Waals surface area (Å²) in [5.41, 5.74) is 8.16. The van der Waals surface area contributed by atoms with Gasteiger partial charge in [-0.25, -0.2) is 4.98 Å². The van der Waals surface area contributed by atoms with Crippen molar-refractivity contribution >= 4 is 16.8 Å². The third-order valence-corrected chi connectivity index (χ3v) is 2.92. The summed E-state index contributed by atoms with van der Waals surface area (Å²) in [7, 11) is 0. The smallest absolute Gasteiger partial charge is 0.212 e. The topological polar surface area (TPSA) is 79.3 Å². The van der Waals surface area contributed by atoms with E-state index < -0.39 is 6.10 Å². The summed E-state index contributed by atoms with van der Waals surface area (Å²) in [6, 6.07) is 7.90. The van der Waals surface area contributed by atoms with Crippen molar-refractivity contribution in [1.29, 1.82) is 0 Å². The van der Waals surface area contributed by atoms with E-state index in [4.69, 9.17) is 5.73 Å². The summed E-state index contributed by atoms with van der Waals surface area (Å²) in [5, 5.41) is 9.86. The number of H-pyrrole nitrogens is 1. The lowest BCUT2D eigenvalue weighted by molar-refractivity contribution is 0.166. The first-order valence-corrected chi connectivity index (χ1v) is 5.63. The molecule has 0 radical (unpaired) electrons. The van der Waals surface area contributed by atoms with Crippen LogP contribution in [0, 0.1) is 0 Å². The summed E-state index contributed by atoms with van der Waals surface area (Å²) in [6.07, 6.45) is 1.87. The molecule has 0 aliphatic rings. The molecule has 0 bridgehead atoms. The number of aromatic amines is 1. The second-order valence-electron chi connectivity index (χ2n) is 4.10. The molecular weight excluding hydrogens is 216 g/mol. The van der Waals surface area contributed by atoms with Crippen LogP contribution in [0.3, 0.4) is 0 Å². The van der Waals surface area contributed by atoms with E-state index in [0.717, 1.165) is 22.5 Å². The standard InChI is InChI=1S/C12H14N4O/c13-6-5-11(17)9-7-16-10-4-2-1-3-8(10)14-12(16)15-9/h1-4,7,11,17H,5-6,13H2,(H,14,15). The molecule has 2 aromatic heterocycles. The Hall–Kier alpha value is -1.85. The van der Waals surface area contributed by atoms with E-state index in [0.29, 0.717) is 13.0 Å². The lowest BCUT2D eigenvalue weighted by atomic mass is 10.2. The molecule has 0 saturated carbocycles. The normalized spacial score (nSPS) is 13.5. The highest BCUT2D eigenvalue weighted by Crippen LogP contribution is 2.20. The number of nitrogens with one attached hydrogen (secondary N) is 1. The first kappa shape index (κ1) is 10.3. The van der Waals surface area contributed by atoms with E-state index in [1.165, 1.54) is 0 Å². The third-order valence-electron chi connectivity index (χ3n) is 2.92. The Labute approximate surface area is 97.9 Å². The Bertz CT molecular complexity index is 655. The minimum Gasteiger partial charge on any atom is -0.387 e. The molecule has 88 valence electrons. The van der Waals surface area contributed by atoms with Gasteiger partial charge in [-0.2, -0.15) is 0 Å². The van der Waals surface area contributed by atoms with E-state index in [1.54, 1.807) is 0 Å². The molecule has 1 aromatic carbocycles. The van der Waals surface area contributed by atoms with E-state index in [1.807, 2.05) is 34.9 Å². The van der Waals surface area contributed by atoms with Crippen LogP contribution >= 0.6 is 0 Å². The summed E-state index contributed by atoms with van der Waals surface area (Å²) >= 11 is 0. The van der Waals surface area contributed by atoms with Crippen molar-refractivity contribution < 1.29 is 5.11 Å². The maximum absolute atomic E-state index is 9.86. The van der Waals surface area contributed by atoms with E-state index >= 15 is 0 Å². The van der Waals surface area contributed by atoms with E-state index in [-0.39, 0.29) is 0 Å². The van der Waals surface area contributed by atoms with Gasteiger partial charge in [0.05, 0.1) is 22.8 Å². The lowest BCUT2D eigenvalue weighted by Gasteiger charge is -2.04. The fourth-order valence-corrected chi connectivity index (χ4v) is 2.05. The van der Waals surface area contributed by atoms with Crippen molar-refractivity contribution in [2.75, 3.05) is 6.54 Å². The number of nitrogens with zero attached hydrogens (tertiary/aromatic N) is 2. The van der Waals surface area contributed by atoms with Crippen LogP contribution in [0.25, 0.3) is 16.8 Å². The van der Waals surface area contributed by atoms with Crippen LogP contribution in [0.5, 0.6) is 0 Å². The number of aliphatic hydroxyl groups excluding tert-OH is 1. The summed E-state index contributed by atoms with van der Waals surface area (Å²) in [6.45, 7) is 0.462. The molecule has 0 spiro atoms. The number of fused-ring (bicyclic) bond motifs is 3. The highest BCUT2D eigenvalue weighted by atomic mass is 16.3. The molecule has 1 atom stereocenters. The van der Waals surface area contributed by atoms with Crippen molar-refractivity contribution in [3.63, 3.8) is 0 Å². The molecule has 5 heteroatoms. The number of para-hydroxylation sites is 2. The number of aromatic nitrogens is 3. The fourth-order valence-electron chi connectivity index (χ4n) is 2.05. The Kier molecular flexibility index (Phi) is 2.35. The highest BCUT2D eigenvalue weighted by Gasteiger charge is 2.12. The van der Waals surface area contributed by atoms with Gasteiger partial charge >= 0.3 is 0 Å².